The van der Waals surface area contributed by atoms with Gasteiger partial charge in [-0.05, 0) is 44.1 Å². The summed E-state index contributed by atoms with van der Waals surface area (Å²) in [7, 11) is -3.47. The van der Waals surface area contributed by atoms with Crippen molar-refractivity contribution < 1.29 is 8.42 Å². The molecule has 1 fully saturated rings. The molecule has 1 aromatic rings. The highest BCUT2D eigenvalue weighted by Crippen LogP contribution is 2.30. The van der Waals surface area contributed by atoms with Crippen molar-refractivity contribution in [1.29, 1.82) is 0 Å². The standard InChI is InChI=1S/C15H25N3O2S/c1-4-16-15-10-14(7-8-17-15)21(19,20)18-13-6-5-11(2)12(3)9-13/h7-8,10-13,18H,4-6,9H2,1-3H3,(H,16,17). The minimum absolute atomic E-state index is 0.0388. The minimum atomic E-state index is -3.47. The molecule has 1 aliphatic rings. The molecule has 2 rings (SSSR count). The lowest BCUT2D eigenvalue weighted by Gasteiger charge is -2.32. The molecule has 0 amide bonds. The van der Waals surface area contributed by atoms with Gasteiger partial charge in [-0.3, -0.25) is 0 Å². The normalized spacial score (nSPS) is 26.5. The van der Waals surface area contributed by atoms with Crippen molar-refractivity contribution in [2.75, 3.05) is 11.9 Å². The van der Waals surface area contributed by atoms with E-state index in [1.165, 1.54) is 12.3 Å². The molecule has 6 heteroatoms. The van der Waals surface area contributed by atoms with Crippen LogP contribution in [0, 0.1) is 11.8 Å². The molecular weight excluding hydrogens is 286 g/mol. The molecule has 0 bridgehead atoms. The van der Waals surface area contributed by atoms with E-state index in [9.17, 15) is 8.42 Å². The van der Waals surface area contributed by atoms with E-state index < -0.39 is 10.0 Å². The molecule has 1 heterocycles. The second-order valence-corrected chi connectivity index (χ2v) is 7.71. The van der Waals surface area contributed by atoms with Crippen molar-refractivity contribution in [1.82, 2.24) is 9.71 Å². The highest BCUT2D eigenvalue weighted by Gasteiger charge is 2.28. The van der Waals surface area contributed by atoms with Gasteiger partial charge >= 0.3 is 0 Å². The molecular formula is C15H25N3O2S. The lowest BCUT2D eigenvalue weighted by molar-refractivity contribution is 0.242. The smallest absolute Gasteiger partial charge is 0.241 e. The van der Waals surface area contributed by atoms with Crippen LogP contribution in [0.1, 0.15) is 40.0 Å². The van der Waals surface area contributed by atoms with E-state index in [4.69, 9.17) is 0 Å². The number of nitrogens with zero attached hydrogens (tertiary/aromatic N) is 1. The van der Waals surface area contributed by atoms with Crippen molar-refractivity contribution in [3.05, 3.63) is 18.3 Å². The molecule has 0 aromatic carbocycles. The molecule has 1 aliphatic carbocycles. The fourth-order valence-electron chi connectivity index (χ4n) is 2.80. The summed E-state index contributed by atoms with van der Waals surface area (Å²) in [4.78, 5) is 4.39. The number of hydrogen-bond acceptors (Lipinski definition) is 4. The maximum Gasteiger partial charge on any atom is 0.241 e. The molecule has 21 heavy (non-hydrogen) atoms. The van der Waals surface area contributed by atoms with Crippen LogP contribution in [0.2, 0.25) is 0 Å². The van der Waals surface area contributed by atoms with Crippen LogP contribution in [0.4, 0.5) is 5.82 Å². The van der Waals surface area contributed by atoms with Crippen molar-refractivity contribution in [2.24, 2.45) is 11.8 Å². The Labute approximate surface area is 127 Å². The second kappa shape index (κ2) is 6.75. The lowest BCUT2D eigenvalue weighted by Crippen LogP contribution is -2.39. The Morgan fingerprint density at radius 1 is 1.29 bits per heavy atom. The molecule has 2 N–H and O–H groups in total. The van der Waals surface area contributed by atoms with E-state index in [0.29, 0.717) is 24.2 Å². The Kier molecular flexibility index (Phi) is 5.22. The maximum absolute atomic E-state index is 12.5. The van der Waals surface area contributed by atoms with Crippen LogP contribution in [0.3, 0.4) is 0 Å². The van der Waals surface area contributed by atoms with Gasteiger partial charge in [0.1, 0.15) is 5.82 Å². The summed E-state index contributed by atoms with van der Waals surface area (Å²) >= 11 is 0. The van der Waals surface area contributed by atoms with Crippen LogP contribution in [0.25, 0.3) is 0 Å². The van der Waals surface area contributed by atoms with Gasteiger partial charge in [-0.2, -0.15) is 0 Å². The first-order valence-electron chi connectivity index (χ1n) is 7.64. The van der Waals surface area contributed by atoms with Gasteiger partial charge in [-0.1, -0.05) is 13.8 Å². The van der Waals surface area contributed by atoms with E-state index in [1.807, 2.05) is 6.92 Å². The number of hydrogen-bond donors (Lipinski definition) is 2. The van der Waals surface area contributed by atoms with Crippen LogP contribution in [-0.4, -0.2) is 26.0 Å². The molecule has 3 unspecified atom stereocenters. The molecule has 118 valence electrons. The maximum atomic E-state index is 12.5. The largest absolute Gasteiger partial charge is 0.370 e. The number of pyridine rings is 1. The van der Waals surface area contributed by atoms with Gasteiger partial charge in [0.2, 0.25) is 10.0 Å². The van der Waals surface area contributed by atoms with Gasteiger partial charge in [0.15, 0.2) is 0 Å². The zero-order chi connectivity index (χ0) is 15.5. The molecule has 1 saturated carbocycles. The zero-order valence-corrected chi connectivity index (χ0v) is 13.8. The molecule has 0 radical (unpaired) electrons. The summed E-state index contributed by atoms with van der Waals surface area (Å²) in [6.07, 6.45) is 4.42. The zero-order valence-electron chi connectivity index (χ0n) is 13.0. The summed E-state index contributed by atoms with van der Waals surface area (Å²) in [5, 5.41) is 3.03. The van der Waals surface area contributed by atoms with Gasteiger partial charge in [0.05, 0.1) is 4.90 Å². The van der Waals surface area contributed by atoms with Gasteiger partial charge in [0.25, 0.3) is 0 Å². The Morgan fingerprint density at radius 2 is 2.05 bits per heavy atom. The molecule has 0 aliphatic heterocycles. The lowest BCUT2D eigenvalue weighted by atomic mass is 9.79. The van der Waals surface area contributed by atoms with Gasteiger partial charge in [0, 0.05) is 24.8 Å². The first-order valence-corrected chi connectivity index (χ1v) is 9.13. The van der Waals surface area contributed by atoms with E-state index in [2.05, 4.69) is 28.9 Å². The van der Waals surface area contributed by atoms with Gasteiger partial charge in [-0.25, -0.2) is 18.1 Å². The third kappa shape index (κ3) is 4.17. The van der Waals surface area contributed by atoms with Crippen molar-refractivity contribution >= 4 is 15.8 Å². The molecule has 0 spiro atoms. The number of anilines is 1. The van der Waals surface area contributed by atoms with E-state index in [-0.39, 0.29) is 10.9 Å². The Hall–Kier alpha value is -1.14. The topological polar surface area (TPSA) is 71.1 Å². The first kappa shape index (κ1) is 16.2. The van der Waals surface area contributed by atoms with E-state index >= 15 is 0 Å². The summed E-state index contributed by atoms with van der Waals surface area (Å²) in [5.74, 6) is 1.82. The molecule has 1 aromatic heterocycles. The van der Waals surface area contributed by atoms with Crippen molar-refractivity contribution in [2.45, 2.75) is 51.0 Å². The fraction of sp³-hybridized carbons (Fsp3) is 0.667. The Bertz CT molecular complexity index is 574. The third-order valence-corrected chi connectivity index (χ3v) is 5.84. The van der Waals surface area contributed by atoms with Crippen molar-refractivity contribution in [3.8, 4) is 0 Å². The van der Waals surface area contributed by atoms with Crippen LogP contribution in [0.5, 0.6) is 0 Å². The van der Waals surface area contributed by atoms with Crippen LogP contribution in [-0.2, 0) is 10.0 Å². The van der Waals surface area contributed by atoms with Crippen LogP contribution in [0.15, 0.2) is 23.2 Å². The molecule has 3 atom stereocenters. The minimum Gasteiger partial charge on any atom is -0.370 e. The van der Waals surface area contributed by atoms with Crippen LogP contribution >= 0.6 is 0 Å². The quantitative estimate of drug-likeness (QED) is 0.877. The number of nitrogens with one attached hydrogen (secondary N) is 2. The van der Waals surface area contributed by atoms with Gasteiger partial charge < -0.3 is 5.32 Å². The predicted molar refractivity (Wildman–Crippen MR) is 84.7 cm³/mol. The Balaban J connectivity index is 2.09. The number of sulfonamides is 1. The molecule has 5 nitrogen and oxygen atoms in total. The second-order valence-electron chi connectivity index (χ2n) is 5.99. The number of rotatable bonds is 5. The average Bonchev–Trinajstić information content (AvgIpc) is 2.43. The highest BCUT2D eigenvalue weighted by atomic mass is 32.2. The summed E-state index contributed by atoms with van der Waals surface area (Å²) in [5.41, 5.74) is 0. The first-order chi connectivity index (χ1) is 9.92. The summed E-state index contributed by atoms with van der Waals surface area (Å²) < 4.78 is 27.8. The summed E-state index contributed by atoms with van der Waals surface area (Å²) in [6, 6.07) is 3.16. The third-order valence-electron chi connectivity index (χ3n) is 4.32. The van der Waals surface area contributed by atoms with Crippen LogP contribution < -0.4 is 10.0 Å². The predicted octanol–water partition coefficient (Wildman–Crippen LogP) is 2.62. The highest BCUT2D eigenvalue weighted by molar-refractivity contribution is 7.89. The van der Waals surface area contributed by atoms with Crippen molar-refractivity contribution in [3.63, 3.8) is 0 Å². The fourth-order valence-corrected chi connectivity index (χ4v) is 4.09. The van der Waals surface area contributed by atoms with E-state index in [1.54, 1.807) is 6.07 Å². The number of aromatic nitrogens is 1. The SMILES string of the molecule is CCNc1cc(S(=O)(=O)NC2CCC(C)C(C)C2)ccn1. The average molecular weight is 311 g/mol. The monoisotopic (exact) mass is 311 g/mol. The van der Waals surface area contributed by atoms with E-state index in [0.717, 1.165) is 19.3 Å². The Morgan fingerprint density at radius 3 is 2.71 bits per heavy atom. The summed E-state index contributed by atoms with van der Waals surface area (Å²) in [6.45, 7) is 7.09. The van der Waals surface area contributed by atoms with Gasteiger partial charge in [-0.15, -0.1) is 0 Å². The molecule has 0 saturated heterocycles.